The van der Waals surface area contributed by atoms with Crippen molar-refractivity contribution in [1.29, 1.82) is 0 Å². The molecule has 0 atom stereocenters. The molecule has 20 heavy (non-hydrogen) atoms. The highest BCUT2D eigenvalue weighted by molar-refractivity contribution is 7.09. The number of rotatable bonds is 5. The Morgan fingerprint density at radius 3 is 2.60 bits per heavy atom. The van der Waals surface area contributed by atoms with E-state index in [1.54, 1.807) is 23.5 Å². The molecule has 0 bridgehead atoms. The maximum Gasteiger partial charge on any atom is 0.338 e. The van der Waals surface area contributed by atoms with E-state index in [1.165, 1.54) is 0 Å². The molecule has 0 fully saturated rings. The van der Waals surface area contributed by atoms with Gasteiger partial charge in [-0.05, 0) is 45.0 Å². The van der Waals surface area contributed by atoms with Crippen molar-refractivity contribution in [2.45, 2.75) is 33.4 Å². The first-order valence-corrected chi connectivity index (χ1v) is 7.38. The molecule has 0 saturated heterocycles. The van der Waals surface area contributed by atoms with Crippen molar-refractivity contribution in [2.24, 2.45) is 0 Å². The molecular formula is C15H18N2O2S. The molecule has 0 aliphatic rings. The van der Waals surface area contributed by atoms with Gasteiger partial charge < -0.3 is 10.1 Å². The number of carbonyl (C=O) groups excluding carboxylic acids is 1. The number of hydrogen-bond donors (Lipinski definition) is 1. The number of esters is 1. The summed E-state index contributed by atoms with van der Waals surface area (Å²) in [6.45, 7) is 6.34. The zero-order chi connectivity index (χ0) is 14.5. The third kappa shape index (κ3) is 4.06. The first-order chi connectivity index (χ1) is 9.54. The van der Waals surface area contributed by atoms with Gasteiger partial charge in [-0.2, -0.15) is 0 Å². The number of nitrogens with zero attached hydrogens (tertiary/aromatic N) is 1. The zero-order valence-electron chi connectivity index (χ0n) is 11.8. The normalized spacial score (nSPS) is 10.6. The fourth-order valence-corrected chi connectivity index (χ4v) is 2.30. The van der Waals surface area contributed by atoms with Gasteiger partial charge in [0.1, 0.15) is 0 Å². The Hall–Kier alpha value is -1.88. The van der Waals surface area contributed by atoms with Gasteiger partial charge in [-0.3, -0.25) is 0 Å². The molecule has 1 aromatic carbocycles. The standard InChI is InChI=1S/C15H18N2O2S/c1-10(2)19-15(18)12-4-6-13(7-5-12)16-8-14-9-20-11(3)17-14/h4-7,9-10,16H,8H2,1-3H3. The Bertz CT molecular complexity index is 576. The van der Waals surface area contributed by atoms with Crippen molar-refractivity contribution >= 4 is 23.0 Å². The molecule has 2 rings (SSSR count). The lowest BCUT2D eigenvalue weighted by atomic mass is 10.2. The second-order valence-corrected chi connectivity index (χ2v) is 5.81. The minimum absolute atomic E-state index is 0.104. The van der Waals surface area contributed by atoms with Crippen LogP contribution in [-0.4, -0.2) is 17.1 Å². The third-order valence-corrected chi connectivity index (χ3v) is 3.43. The number of nitrogens with one attached hydrogen (secondary N) is 1. The van der Waals surface area contributed by atoms with Crippen molar-refractivity contribution in [1.82, 2.24) is 4.98 Å². The number of thiazole rings is 1. The summed E-state index contributed by atoms with van der Waals surface area (Å²) in [6.07, 6.45) is -0.104. The van der Waals surface area contributed by atoms with E-state index < -0.39 is 0 Å². The molecule has 2 aromatic rings. The Balaban J connectivity index is 1.93. The second-order valence-electron chi connectivity index (χ2n) is 4.74. The van der Waals surface area contributed by atoms with Crippen LogP contribution in [0.25, 0.3) is 0 Å². The van der Waals surface area contributed by atoms with Crippen molar-refractivity contribution < 1.29 is 9.53 Å². The van der Waals surface area contributed by atoms with E-state index in [9.17, 15) is 4.79 Å². The van der Waals surface area contributed by atoms with E-state index in [0.717, 1.165) is 16.4 Å². The van der Waals surface area contributed by atoms with Crippen LogP contribution >= 0.6 is 11.3 Å². The molecule has 5 heteroatoms. The first-order valence-electron chi connectivity index (χ1n) is 6.50. The molecule has 0 unspecified atom stereocenters. The average Bonchev–Trinajstić information content (AvgIpc) is 2.82. The average molecular weight is 290 g/mol. The monoisotopic (exact) mass is 290 g/mol. The van der Waals surface area contributed by atoms with Crippen LogP contribution in [-0.2, 0) is 11.3 Å². The minimum atomic E-state index is -0.290. The van der Waals surface area contributed by atoms with E-state index in [-0.39, 0.29) is 12.1 Å². The van der Waals surface area contributed by atoms with Crippen LogP contribution in [0.2, 0.25) is 0 Å². The highest BCUT2D eigenvalue weighted by atomic mass is 32.1. The molecule has 106 valence electrons. The van der Waals surface area contributed by atoms with Gasteiger partial charge in [0, 0.05) is 11.1 Å². The van der Waals surface area contributed by atoms with E-state index >= 15 is 0 Å². The molecule has 0 amide bonds. The van der Waals surface area contributed by atoms with Crippen molar-refractivity contribution in [3.8, 4) is 0 Å². The Morgan fingerprint density at radius 2 is 2.05 bits per heavy atom. The summed E-state index contributed by atoms with van der Waals surface area (Å²) in [5.41, 5.74) is 2.54. The van der Waals surface area contributed by atoms with Crippen molar-refractivity contribution in [2.75, 3.05) is 5.32 Å². The van der Waals surface area contributed by atoms with Crippen LogP contribution in [0.15, 0.2) is 29.6 Å². The number of benzene rings is 1. The largest absolute Gasteiger partial charge is 0.459 e. The fourth-order valence-electron chi connectivity index (χ4n) is 1.69. The van der Waals surface area contributed by atoms with Crippen LogP contribution in [0.3, 0.4) is 0 Å². The maximum absolute atomic E-state index is 11.7. The lowest BCUT2D eigenvalue weighted by Gasteiger charge is -2.09. The molecule has 0 aliphatic carbocycles. The predicted octanol–water partition coefficient (Wildman–Crippen LogP) is 3.63. The van der Waals surface area contributed by atoms with E-state index in [0.29, 0.717) is 12.1 Å². The smallest absolute Gasteiger partial charge is 0.338 e. The van der Waals surface area contributed by atoms with Crippen LogP contribution in [0.1, 0.15) is 34.9 Å². The van der Waals surface area contributed by atoms with Gasteiger partial charge in [0.05, 0.1) is 28.9 Å². The molecule has 0 radical (unpaired) electrons. The first kappa shape index (κ1) is 14.5. The lowest BCUT2D eigenvalue weighted by Crippen LogP contribution is -2.11. The molecule has 0 spiro atoms. The van der Waals surface area contributed by atoms with E-state index in [4.69, 9.17) is 4.74 Å². The molecule has 1 aromatic heterocycles. The molecule has 1 heterocycles. The van der Waals surface area contributed by atoms with Gasteiger partial charge in [0.15, 0.2) is 0 Å². The fraction of sp³-hybridized carbons (Fsp3) is 0.333. The third-order valence-electron chi connectivity index (χ3n) is 2.60. The van der Waals surface area contributed by atoms with Gasteiger partial charge >= 0.3 is 5.97 Å². The number of hydrogen-bond acceptors (Lipinski definition) is 5. The van der Waals surface area contributed by atoms with Gasteiger partial charge in [-0.1, -0.05) is 0 Å². The van der Waals surface area contributed by atoms with Crippen LogP contribution in [0.5, 0.6) is 0 Å². The molecule has 0 aliphatic heterocycles. The summed E-state index contributed by atoms with van der Waals surface area (Å²) >= 11 is 1.64. The van der Waals surface area contributed by atoms with Crippen molar-refractivity contribution in [3.63, 3.8) is 0 Å². The Kier molecular flexibility index (Phi) is 4.74. The van der Waals surface area contributed by atoms with Gasteiger partial charge in [-0.25, -0.2) is 9.78 Å². The highest BCUT2D eigenvalue weighted by Gasteiger charge is 2.08. The summed E-state index contributed by atoms with van der Waals surface area (Å²) in [5.74, 6) is -0.290. The zero-order valence-corrected chi connectivity index (χ0v) is 12.7. The Morgan fingerprint density at radius 1 is 1.35 bits per heavy atom. The predicted molar refractivity (Wildman–Crippen MR) is 81.2 cm³/mol. The Labute approximate surface area is 122 Å². The number of aryl methyl sites for hydroxylation is 1. The van der Waals surface area contributed by atoms with Gasteiger partial charge in [0.25, 0.3) is 0 Å². The second kappa shape index (κ2) is 6.52. The summed E-state index contributed by atoms with van der Waals surface area (Å²) in [7, 11) is 0. The number of carbonyl (C=O) groups is 1. The van der Waals surface area contributed by atoms with Crippen LogP contribution in [0.4, 0.5) is 5.69 Å². The van der Waals surface area contributed by atoms with Crippen LogP contribution < -0.4 is 5.32 Å². The summed E-state index contributed by atoms with van der Waals surface area (Å²) in [4.78, 5) is 16.1. The van der Waals surface area contributed by atoms with Gasteiger partial charge in [-0.15, -0.1) is 11.3 Å². The number of anilines is 1. The molecule has 1 N–H and O–H groups in total. The number of ether oxygens (including phenoxy) is 1. The topological polar surface area (TPSA) is 51.2 Å². The molecule has 4 nitrogen and oxygen atoms in total. The van der Waals surface area contributed by atoms with Crippen LogP contribution in [0, 0.1) is 6.92 Å². The SMILES string of the molecule is Cc1nc(CNc2ccc(C(=O)OC(C)C)cc2)cs1. The van der Waals surface area contributed by atoms with Crippen molar-refractivity contribution in [3.05, 3.63) is 45.9 Å². The summed E-state index contributed by atoms with van der Waals surface area (Å²) < 4.78 is 5.14. The summed E-state index contributed by atoms with van der Waals surface area (Å²) in [6, 6.07) is 7.27. The van der Waals surface area contributed by atoms with E-state index in [1.807, 2.05) is 38.3 Å². The number of aromatic nitrogens is 1. The summed E-state index contributed by atoms with van der Waals surface area (Å²) in [5, 5.41) is 6.38. The lowest BCUT2D eigenvalue weighted by molar-refractivity contribution is 0.0378. The quantitative estimate of drug-likeness (QED) is 0.854. The molecular weight excluding hydrogens is 272 g/mol. The van der Waals surface area contributed by atoms with Gasteiger partial charge in [0.2, 0.25) is 0 Å². The minimum Gasteiger partial charge on any atom is -0.459 e. The van der Waals surface area contributed by atoms with E-state index in [2.05, 4.69) is 10.3 Å². The maximum atomic E-state index is 11.7. The highest BCUT2D eigenvalue weighted by Crippen LogP contribution is 2.14. The molecule has 0 saturated carbocycles.